The number of aromatic nitrogens is 1. The molecule has 1 fully saturated rings. The fourth-order valence-electron chi connectivity index (χ4n) is 3.06. The van der Waals surface area contributed by atoms with Gasteiger partial charge in [0.25, 0.3) is 5.91 Å². The first-order valence-corrected chi connectivity index (χ1v) is 8.69. The number of rotatable bonds is 4. The van der Waals surface area contributed by atoms with E-state index in [0.717, 1.165) is 44.4 Å². The van der Waals surface area contributed by atoms with E-state index < -0.39 is 0 Å². The van der Waals surface area contributed by atoms with Crippen molar-refractivity contribution in [2.75, 3.05) is 19.6 Å². The smallest absolute Gasteiger partial charge is 0.257 e. The second kappa shape index (κ2) is 6.62. The van der Waals surface area contributed by atoms with Crippen molar-refractivity contribution < 1.29 is 4.79 Å². The van der Waals surface area contributed by atoms with E-state index in [-0.39, 0.29) is 22.9 Å². The monoisotopic (exact) mass is 319 g/mol. The molecule has 1 amide bonds. The van der Waals surface area contributed by atoms with Crippen LogP contribution in [0, 0.1) is 0 Å². The van der Waals surface area contributed by atoms with E-state index in [1.165, 1.54) is 17.5 Å². The molecule has 22 heavy (non-hydrogen) atoms. The molecule has 1 aliphatic heterocycles. The Morgan fingerprint density at radius 1 is 1.55 bits per heavy atom. The minimum Gasteiger partial charge on any atom is -0.359 e. The van der Waals surface area contributed by atoms with Crippen LogP contribution < -0.4 is 10.7 Å². The van der Waals surface area contributed by atoms with Gasteiger partial charge in [-0.3, -0.25) is 9.59 Å². The van der Waals surface area contributed by atoms with E-state index >= 15 is 0 Å². The number of piperidine rings is 1. The molecule has 0 saturated carbocycles. The van der Waals surface area contributed by atoms with Gasteiger partial charge in [0.05, 0.1) is 10.2 Å². The van der Waals surface area contributed by atoms with Crippen LogP contribution in [0.1, 0.15) is 36.5 Å². The summed E-state index contributed by atoms with van der Waals surface area (Å²) in [6, 6.07) is 1.98. The molecule has 1 saturated heterocycles. The van der Waals surface area contributed by atoms with Crippen LogP contribution in [0.3, 0.4) is 0 Å². The number of fused-ring (bicyclic) bond motifs is 1. The Hall–Kier alpha value is -1.66. The number of pyridine rings is 1. The van der Waals surface area contributed by atoms with Gasteiger partial charge in [0.15, 0.2) is 0 Å². The summed E-state index contributed by atoms with van der Waals surface area (Å²) in [5.41, 5.74) is 0.823. The van der Waals surface area contributed by atoms with Crippen molar-refractivity contribution in [1.29, 1.82) is 0 Å². The van der Waals surface area contributed by atoms with Gasteiger partial charge in [-0.15, -0.1) is 11.3 Å². The molecular weight excluding hydrogens is 298 g/mol. The van der Waals surface area contributed by atoms with Gasteiger partial charge in [-0.25, -0.2) is 0 Å². The number of hydrogen-bond donors (Lipinski definition) is 2. The third-order valence-electron chi connectivity index (χ3n) is 4.11. The fraction of sp³-hybridized carbons (Fsp3) is 0.500. The molecule has 1 unspecified atom stereocenters. The Morgan fingerprint density at radius 3 is 3.23 bits per heavy atom. The summed E-state index contributed by atoms with van der Waals surface area (Å²) >= 11 is 1.37. The zero-order valence-corrected chi connectivity index (χ0v) is 13.5. The number of amides is 1. The predicted octanol–water partition coefficient (Wildman–Crippen LogP) is 2.19. The predicted molar refractivity (Wildman–Crippen MR) is 89.7 cm³/mol. The number of nitrogens with one attached hydrogen (secondary N) is 2. The molecule has 2 aromatic rings. The van der Waals surface area contributed by atoms with E-state index in [2.05, 4.69) is 22.1 Å². The lowest BCUT2D eigenvalue weighted by atomic mass is 10.0. The second-order valence-corrected chi connectivity index (χ2v) is 6.72. The molecule has 3 rings (SSSR count). The fourth-order valence-corrected chi connectivity index (χ4v) is 3.87. The molecule has 0 spiro atoms. The van der Waals surface area contributed by atoms with Crippen LogP contribution in [0.4, 0.5) is 0 Å². The van der Waals surface area contributed by atoms with Crippen molar-refractivity contribution in [2.45, 2.75) is 32.2 Å². The van der Waals surface area contributed by atoms with Crippen LogP contribution >= 0.6 is 11.3 Å². The van der Waals surface area contributed by atoms with E-state index in [1.54, 1.807) is 0 Å². The molecule has 1 atom stereocenters. The van der Waals surface area contributed by atoms with Crippen molar-refractivity contribution in [2.24, 2.45) is 0 Å². The average Bonchev–Trinajstić information content (AvgIpc) is 2.97. The van der Waals surface area contributed by atoms with Crippen molar-refractivity contribution in [3.8, 4) is 0 Å². The van der Waals surface area contributed by atoms with Gasteiger partial charge in [-0.1, -0.05) is 6.92 Å². The van der Waals surface area contributed by atoms with Gasteiger partial charge in [-0.05, 0) is 43.8 Å². The quantitative estimate of drug-likeness (QED) is 0.908. The molecule has 5 nitrogen and oxygen atoms in total. The Labute approximate surface area is 133 Å². The molecule has 3 heterocycles. The molecule has 1 aliphatic rings. The number of hydrogen-bond acceptors (Lipinski definition) is 4. The van der Waals surface area contributed by atoms with Gasteiger partial charge in [0.2, 0.25) is 5.43 Å². The van der Waals surface area contributed by atoms with Gasteiger partial charge in [-0.2, -0.15) is 0 Å². The molecule has 2 N–H and O–H groups in total. The zero-order valence-electron chi connectivity index (χ0n) is 12.7. The molecule has 118 valence electrons. The Bertz CT molecular complexity index is 719. The van der Waals surface area contributed by atoms with Crippen molar-refractivity contribution in [1.82, 2.24) is 15.2 Å². The maximum Gasteiger partial charge on any atom is 0.257 e. The third-order valence-corrected chi connectivity index (χ3v) is 5.03. The van der Waals surface area contributed by atoms with Crippen LogP contribution in [0.15, 0.2) is 22.4 Å². The van der Waals surface area contributed by atoms with Crippen LogP contribution in [0.2, 0.25) is 0 Å². The van der Waals surface area contributed by atoms with Crippen molar-refractivity contribution >= 4 is 27.5 Å². The van der Waals surface area contributed by atoms with E-state index in [1.807, 2.05) is 11.4 Å². The normalized spacial score (nSPS) is 19.4. The molecular formula is C16H21N3O2S. The Kier molecular flexibility index (Phi) is 4.59. The van der Waals surface area contributed by atoms with Crippen LogP contribution in [-0.4, -0.2) is 41.5 Å². The zero-order chi connectivity index (χ0) is 15.5. The van der Waals surface area contributed by atoms with Gasteiger partial charge in [0.1, 0.15) is 5.56 Å². The number of carbonyl (C=O) groups excluding carboxylic acids is 1. The lowest BCUT2D eigenvalue weighted by Gasteiger charge is -2.32. The standard InChI is InChI=1S/C16H21N3O2S/c1-2-6-19-7-3-4-11(10-19)18-16(21)12-9-17-13-5-8-22-15(13)14(12)20/h5,8-9,11H,2-4,6-7,10H2,1H3,(H,17,20)(H,18,21). The summed E-state index contributed by atoms with van der Waals surface area (Å²) in [5.74, 6) is -0.264. The highest BCUT2D eigenvalue weighted by Crippen LogP contribution is 2.15. The average molecular weight is 319 g/mol. The lowest BCUT2D eigenvalue weighted by molar-refractivity contribution is 0.0902. The number of thiophene rings is 1. The first kappa shape index (κ1) is 15.2. The SMILES string of the molecule is CCCN1CCCC(NC(=O)c2c[nH]c3ccsc3c2=O)C1. The van der Waals surface area contributed by atoms with Crippen molar-refractivity contribution in [3.05, 3.63) is 33.4 Å². The number of likely N-dealkylation sites (tertiary alicyclic amines) is 1. The molecule has 0 aromatic carbocycles. The number of aromatic amines is 1. The third kappa shape index (κ3) is 3.08. The Balaban J connectivity index is 1.73. The second-order valence-electron chi connectivity index (χ2n) is 5.81. The summed E-state index contributed by atoms with van der Waals surface area (Å²) in [5, 5.41) is 4.88. The molecule has 0 bridgehead atoms. The number of H-pyrrole nitrogens is 1. The topological polar surface area (TPSA) is 65.2 Å². The number of nitrogens with zero attached hydrogens (tertiary/aromatic N) is 1. The summed E-state index contributed by atoms with van der Waals surface area (Å²) in [6.07, 6.45) is 4.71. The summed E-state index contributed by atoms with van der Waals surface area (Å²) in [7, 11) is 0. The van der Waals surface area contributed by atoms with E-state index in [9.17, 15) is 9.59 Å². The molecule has 0 radical (unpaired) electrons. The summed E-state index contributed by atoms with van der Waals surface area (Å²) < 4.78 is 0.615. The highest BCUT2D eigenvalue weighted by Gasteiger charge is 2.22. The lowest BCUT2D eigenvalue weighted by Crippen LogP contribution is -2.48. The molecule has 2 aromatic heterocycles. The largest absolute Gasteiger partial charge is 0.359 e. The molecule has 6 heteroatoms. The van der Waals surface area contributed by atoms with Gasteiger partial charge >= 0.3 is 0 Å². The van der Waals surface area contributed by atoms with Gasteiger partial charge in [0, 0.05) is 18.8 Å². The van der Waals surface area contributed by atoms with Crippen LogP contribution in [-0.2, 0) is 0 Å². The van der Waals surface area contributed by atoms with Crippen molar-refractivity contribution in [3.63, 3.8) is 0 Å². The van der Waals surface area contributed by atoms with E-state index in [4.69, 9.17) is 0 Å². The minimum atomic E-state index is -0.264. The summed E-state index contributed by atoms with van der Waals surface area (Å²) in [6.45, 7) is 5.20. The highest BCUT2D eigenvalue weighted by atomic mass is 32.1. The van der Waals surface area contributed by atoms with Crippen LogP contribution in [0.25, 0.3) is 10.2 Å². The maximum absolute atomic E-state index is 12.4. The first-order chi connectivity index (χ1) is 10.7. The highest BCUT2D eigenvalue weighted by molar-refractivity contribution is 7.17. The van der Waals surface area contributed by atoms with E-state index in [0.29, 0.717) is 4.70 Å². The minimum absolute atomic E-state index is 0.131. The Morgan fingerprint density at radius 2 is 2.41 bits per heavy atom. The first-order valence-electron chi connectivity index (χ1n) is 7.81. The number of carbonyl (C=O) groups is 1. The maximum atomic E-state index is 12.4. The summed E-state index contributed by atoms with van der Waals surface area (Å²) in [4.78, 5) is 30.2. The van der Waals surface area contributed by atoms with Crippen LogP contribution in [0.5, 0.6) is 0 Å². The van der Waals surface area contributed by atoms with Gasteiger partial charge < -0.3 is 15.2 Å². The molecule has 0 aliphatic carbocycles.